The van der Waals surface area contributed by atoms with Crippen molar-refractivity contribution in [3.05, 3.63) is 28.8 Å². The molecule has 0 aliphatic rings. The lowest BCUT2D eigenvalue weighted by Gasteiger charge is -2.22. The van der Waals surface area contributed by atoms with E-state index < -0.39 is 0 Å². The Labute approximate surface area is 165 Å². The zero-order valence-corrected chi connectivity index (χ0v) is 17.5. The summed E-state index contributed by atoms with van der Waals surface area (Å²) in [5.74, 6) is 0. The molecule has 0 fully saturated rings. The molecule has 26 heavy (non-hydrogen) atoms. The third-order valence-corrected chi connectivity index (χ3v) is 5.53. The minimum atomic E-state index is 0.272. The molecular formula is C20H27ClN4S. The van der Waals surface area contributed by atoms with E-state index in [1.807, 2.05) is 24.5 Å². The van der Waals surface area contributed by atoms with E-state index in [9.17, 15) is 5.26 Å². The molecule has 1 atom stereocenters. The predicted octanol–water partition coefficient (Wildman–Crippen LogP) is 5.40. The highest BCUT2D eigenvalue weighted by molar-refractivity contribution is 7.98. The zero-order valence-electron chi connectivity index (χ0n) is 16.0. The first-order valence-electron chi connectivity index (χ1n) is 9.10. The predicted molar refractivity (Wildman–Crippen MR) is 113 cm³/mol. The second-order valence-electron chi connectivity index (χ2n) is 6.36. The monoisotopic (exact) mass is 390 g/mol. The van der Waals surface area contributed by atoms with Gasteiger partial charge in [0.2, 0.25) is 0 Å². The Morgan fingerprint density at radius 1 is 1.35 bits per heavy atom. The molecule has 2 rings (SSSR count). The van der Waals surface area contributed by atoms with Crippen LogP contribution in [0.5, 0.6) is 0 Å². The lowest BCUT2D eigenvalue weighted by molar-refractivity contribution is 0.295. The van der Waals surface area contributed by atoms with E-state index in [1.165, 1.54) is 11.8 Å². The summed E-state index contributed by atoms with van der Waals surface area (Å²) in [7, 11) is 0. The number of rotatable bonds is 9. The fourth-order valence-electron chi connectivity index (χ4n) is 3.10. The molecule has 4 nitrogen and oxygen atoms in total. The molecule has 0 bridgehead atoms. The summed E-state index contributed by atoms with van der Waals surface area (Å²) in [5.41, 5.74) is 2.30. The largest absolute Gasteiger partial charge is 0.381 e. The Morgan fingerprint density at radius 3 is 2.69 bits per heavy atom. The number of nitriles is 1. The third-order valence-electron chi connectivity index (χ3n) is 4.62. The summed E-state index contributed by atoms with van der Waals surface area (Å²) < 4.78 is 0. The fraction of sp³-hybridized carbons (Fsp3) is 0.500. The van der Waals surface area contributed by atoms with Gasteiger partial charge in [0.05, 0.1) is 11.2 Å². The molecule has 2 aromatic rings. The van der Waals surface area contributed by atoms with Crippen LogP contribution in [-0.2, 0) is 0 Å². The molecule has 0 spiro atoms. The normalized spacial score (nSPS) is 12.3. The van der Waals surface area contributed by atoms with Crippen LogP contribution in [0.2, 0.25) is 5.02 Å². The number of fused-ring (bicyclic) bond motifs is 1. The zero-order chi connectivity index (χ0) is 19.1. The van der Waals surface area contributed by atoms with Gasteiger partial charge in [0.1, 0.15) is 16.7 Å². The van der Waals surface area contributed by atoms with Crippen LogP contribution in [0.4, 0.5) is 5.69 Å². The Bertz CT molecular complexity index is 783. The second-order valence-corrected chi connectivity index (χ2v) is 7.59. The summed E-state index contributed by atoms with van der Waals surface area (Å²) in [6, 6.07) is 8.25. The van der Waals surface area contributed by atoms with Crippen LogP contribution in [0, 0.1) is 11.3 Å². The van der Waals surface area contributed by atoms with Crippen LogP contribution in [0.1, 0.15) is 39.2 Å². The first-order valence-corrected chi connectivity index (χ1v) is 10.7. The van der Waals surface area contributed by atoms with Crippen LogP contribution in [-0.4, -0.2) is 41.8 Å². The molecule has 6 heteroatoms. The number of benzene rings is 1. The molecule has 1 unspecified atom stereocenters. The smallest absolute Gasteiger partial charge is 0.116 e. The van der Waals surface area contributed by atoms with Crippen LogP contribution < -0.4 is 5.32 Å². The summed E-state index contributed by atoms with van der Waals surface area (Å²) in [4.78, 5) is 7.04. The van der Waals surface area contributed by atoms with Gasteiger partial charge in [0, 0.05) is 16.5 Å². The van der Waals surface area contributed by atoms with Crippen molar-refractivity contribution in [3.8, 4) is 6.07 Å². The Hall–Kier alpha value is -1.48. The number of aromatic nitrogens is 1. The topological polar surface area (TPSA) is 52.0 Å². The SMILES string of the molecule is CCN(CC)CCCC(C)Nc1c(C#N)c(SC)nc2cc(Cl)ccc12. The van der Waals surface area contributed by atoms with Crippen molar-refractivity contribution in [1.82, 2.24) is 9.88 Å². The van der Waals surface area contributed by atoms with Crippen molar-refractivity contribution in [1.29, 1.82) is 5.26 Å². The van der Waals surface area contributed by atoms with Crippen LogP contribution in [0.25, 0.3) is 10.9 Å². The van der Waals surface area contributed by atoms with Crippen LogP contribution >= 0.6 is 23.4 Å². The maximum Gasteiger partial charge on any atom is 0.116 e. The molecule has 1 aromatic heterocycles. The summed E-state index contributed by atoms with van der Waals surface area (Å²) >= 11 is 7.62. The first kappa shape index (κ1) is 20.8. The highest BCUT2D eigenvalue weighted by atomic mass is 35.5. The van der Waals surface area contributed by atoms with Gasteiger partial charge < -0.3 is 10.2 Å². The highest BCUT2D eigenvalue weighted by Gasteiger charge is 2.16. The van der Waals surface area contributed by atoms with E-state index in [2.05, 4.69) is 42.0 Å². The van der Waals surface area contributed by atoms with Gasteiger partial charge in [0.15, 0.2) is 0 Å². The third kappa shape index (κ3) is 5.03. The average molecular weight is 391 g/mol. The number of thioether (sulfide) groups is 1. The van der Waals surface area contributed by atoms with Gasteiger partial charge >= 0.3 is 0 Å². The van der Waals surface area contributed by atoms with Gasteiger partial charge in [0.25, 0.3) is 0 Å². The lowest BCUT2D eigenvalue weighted by Crippen LogP contribution is -2.25. The number of anilines is 1. The Morgan fingerprint density at radius 2 is 2.08 bits per heavy atom. The molecule has 0 saturated heterocycles. The summed E-state index contributed by atoms with van der Waals surface area (Å²) in [5, 5.41) is 15.6. The minimum Gasteiger partial charge on any atom is -0.381 e. The minimum absolute atomic E-state index is 0.272. The van der Waals surface area contributed by atoms with E-state index >= 15 is 0 Å². The molecule has 0 amide bonds. The van der Waals surface area contributed by atoms with E-state index in [0.29, 0.717) is 10.6 Å². The van der Waals surface area contributed by atoms with Gasteiger partial charge in [-0.25, -0.2) is 4.98 Å². The molecule has 1 aromatic carbocycles. The van der Waals surface area contributed by atoms with E-state index in [4.69, 9.17) is 11.6 Å². The van der Waals surface area contributed by atoms with E-state index in [-0.39, 0.29) is 6.04 Å². The number of pyridine rings is 1. The van der Waals surface area contributed by atoms with Crippen molar-refractivity contribution in [2.75, 3.05) is 31.2 Å². The molecular weight excluding hydrogens is 364 g/mol. The molecule has 140 valence electrons. The van der Waals surface area contributed by atoms with E-state index in [1.54, 1.807) is 0 Å². The molecule has 0 saturated carbocycles. The molecule has 1 N–H and O–H groups in total. The second kappa shape index (κ2) is 10.0. The highest BCUT2D eigenvalue weighted by Crippen LogP contribution is 2.34. The van der Waals surface area contributed by atoms with Crippen molar-refractivity contribution in [2.45, 2.75) is 44.7 Å². The standard InChI is InChI=1S/C20H27ClN4S/c1-5-25(6-2)11-7-8-14(3)23-19-16-10-9-15(21)12-18(16)24-20(26-4)17(19)13-22/h9-10,12,14H,5-8,11H2,1-4H3,(H,23,24). The average Bonchev–Trinajstić information content (AvgIpc) is 2.64. The quantitative estimate of drug-likeness (QED) is 0.580. The maximum absolute atomic E-state index is 9.69. The summed E-state index contributed by atoms with van der Waals surface area (Å²) in [6.07, 6.45) is 4.12. The Balaban J connectivity index is 2.25. The van der Waals surface area contributed by atoms with Gasteiger partial charge in [-0.1, -0.05) is 25.4 Å². The van der Waals surface area contributed by atoms with Crippen molar-refractivity contribution < 1.29 is 0 Å². The molecule has 0 aliphatic heterocycles. The van der Waals surface area contributed by atoms with Gasteiger partial charge in [-0.15, -0.1) is 11.8 Å². The first-order chi connectivity index (χ1) is 12.5. The van der Waals surface area contributed by atoms with Crippen LogP contribution in [0.3, 0.4) is 0 Å². The molecule has 1 heterocycles. The molecule has 0 radical (unpaired) electrons. The maximum atomic E-state index is 9.69. The Kier molecular flexibility index (Phi) is 8.02. The van der Waals surface area contributed by atoms with Crippen molar-refractivity contribution in [3.63, 3.8) is 0 Å². The number of nitrogens with one attached hydrogen (secondary N) is 1. The van der Waals surface area contributed by atoms with Gasteiger partial charge in [-0.3, -0.25) is 0 Å². The van der Waals surface area contributed by atoms with Crippen LogP contribution in [0.15, 0.2) is 23.2 Å². The van der Waals surface area contributed by atoms with Gasteiger partial charge in [-0.2, -0.15) is 5.26 Å². The lowest BCUT2D eigenvalue weighted by atomic mass is 10.1. The van der Waals surface area contributed by atoms with Crippen molar-refractivity contribution in [2.24, 2.45) is 0 Å². The summed E-state index contributed by atoms with van der Waals surface area (Å²) in [6.45, 7) is 9.84. The molecule has 0 aliphatic carbocycles. The number of halogens is 1. The number of nitrogens with zero attached hydrogens (tertiary/aromatic N) is 3. The fourth-order valence-corrected chi connectivity index (χ4v) is 3.80. The van der Waals surface area contributed by atoms with E-state index in [0.717, 1.165) is 54.1 Å². The number of hydrogen-bond donors (Lipinski definition) is 1. The van der Waals surface area contributed by atoms with Crippen molar-refractivity contribution >= 4 is 40.0 Å². The van der Waals surface area contributed by atoms with Gasteiger partial charge in [-0.05, 0) is 63.9 Å². The number of hydrogen-bond acceptors (Lipinski definition) is 5.